The normalized spacial score (nSPS) is 18.8. The van der Waals surface area contributed by atoms with Crippen molar-refractivity contribution in [1.29, 1.82) is 0 Å². The fraction of sp³-hybridized carbons (Fsp3) is 0.263. The largest absolute Gasteiger partial charge is 0.384 e. The van der Waals surface area contributed by atoms with Crippen LogP contribution in [0, 0.1) is 0 Å². The molecule has 0 saturated carbocycles. The van der Waals surface area contributed by atoms with Crippen molar-refractivity contribution >= 4 is 52.4 Å². The van der Waals surface area contributed by atoms with E-state index in [1.807, 2.05) is 22.7 Å². The van der Waals surface area contributed by atoms with Crippen LogP contribution in [-0.4, -0.2) is 84.4 Å². The van der Waals surface area contributed by atoms with Gasteiger partial charge in [-0.1, -0.05) is 24.3 Å². The topological polar surface area (TPSA) is 197 Å². The number of hydrogen-bond donors (Lipinski definition) is 4. The predicted octanol–water partition coefficient (Wildman–Crippen LogP) is 3.67. The SMILES string of the molecule is Nc1nccn2c([C@@H]3CCCN3CCCNc3cccc4c3C(=O)N(C3CCC(=O)NC3=O)C4=O)nc(-c3ccc(C(=O)Nc4ccccn4)cc3)c12. The molecule has 1 unspecified atom stereocenters. The summed E-state index contributed by atoms with van der Waals surface area (Å²) in [4.78, 5) is 80.7. The molecule has 5 aromatic rings. The van der Waals surface area contributed by atoms with E-state index in [1.54, 1.807) is 60.9 Å². The Morgan fingerprint density at radius 1 is 0.925 bits per heavy atom. The summed E-state index contributed by atoms with van der Waals surface area (Å²) < 4.78 is 2.00. The minimum absolute atomic E-state index is 0.0173. The highest BCUT2D eigenvalue weighted by Crippen LogP contribution is 2.37. The molecule has 2 fully saturated rings. The van der Waals surface area contributed by atoms with Crippen molar-refractivity contribution in [2.24, 2.45) is 0 Å². The van der Waals surface area contributed by atoms with Crippen molar-refractivity contribution in [3.63, 3.8) is 0 Å². The smallest absolute Gasteiger partial charge is 0.264 e. The summed E-state index contributed by atoms with van der Waals surface area (Å²) in [5.74, 6) is -0.724. The van der Waals surface area contributed by atoms with Gasteiger partial charge in [-0.2, -0.15) is 0 Å². The van der Waals surface area contributed by atoms with Crippen molar-refractivity contribution in [2.45, 2.75) is 44.2 Å². The number of rotatable bonds is 10. The summed E-state index contributed by atoms with van der Waals surface area (Å²) in [6.07, 6.45) is 7.94. The molecule has 2 atom stereocenters. The maximum Gasteiger partial charge on any atom is 0.264 e. The minimum Gasteiger partial charge on any atom is -0.384 e. The number of benzene rings is 2. The van der Waals surface area contributed by atoms with E-state index in [0.717, 1.165) is 48.6 Å². The fourth-order valence-corrected chi connectivity index (χ4v) is 7.48. The molecule has 268 valence electrons. The number of amides is 5. The number of nitrogen functional groups attached to an aromatic ring is 1. The number of imide groups is 2. The van der Waals surface area contributed by atoms with Gasteiger partial charge in [-0.3, -0.25) is 43.5 Å². The summed E-state index contributed by atoms with van der Waals surface area (Å²) in [5.41, 5.74) is 10.1. The average Bonchev–Trinajstić information content (AvgIpc) is 3.86. The summed E-state index contributed by atoms with van der Waals surface area (Å²) in [6.45, 7) is 2.15. The summed E-state index contributed by atoms with van der Waals surface area (Å²) >= 11 is 0. The molecule has 8 rings (SSSR count). The second-order valence-corrected chi connectivity index (χ2v) is 13.2. The predicted molar refractivity (Wildman–Crippen MR) is 195 cm³/mol. The van der Waals surface area contributed by atoms with Gasteiger partial charge >= 0.3 is 0 Å². The van der Waals surface area contributed by atoms with Gasteiger partial charge in [0.25, 0.3) is 17.7 Å². The van der Waals surface area contributed by atoms with Crippen molar-refractivity contribution in [2.75, 3.05) is 36.0 Å². The first-order chi connectivity index (χ1) is 25.8. The Hall–Kier alpha value is -6.48. The second kappa shape index (κ2) is 13.9. The molecule has 6 heterocycles. The highest BCUT2D eigenvalue weighted by Gasteiger charge is 2.45. The fourth-order valence-electron chi connectivity index (χ4n) is 7.48. The molecular formula is C38H36N10O5. The zero-order chi connectivity index (χ0) is 36.6. The van der Waals surface area contributed by atoms with E-state index in [1.165, 1.54) is 0 Å². The Morgan fingerprint density at radius 2 is 1.77 bits per heavy atom. The van der Waals surface area contributed by atoms with Crippen LogP contribution in [0.3, 0.4) is 0 Å². The number of nitrogens with zero attached hydrogens (tertiary/aromatic N) is 6. The molecule has 15 heteroatoms. The number of hydrogen-bond acceptors (Lipinski definition) is 11. The molecule has 5 N–H and O–H groups in total. The monoisotopic (exact) mass is 712 g/mol. The number of piperidine rings is 1. The Balaban J connectivity index is 0.956. The number of carbonyl (C=O) groups excluding carboxylic acids is 5. The van der Waals surface area contributed by atoms with Crippen LogP contribution >= 0.6 is 0 Å². The van der Waals surface area contributed by atoms with Crippen LogP contribution in [0.15, 0.2) is 79.3 Å². The lowest BCUT2D eigenvalue weighted by Gasteiger charge is -2.27. The Bertz CT molecular complexity index is 2270. The van der Waals surface area contributed by atoms with Gasteiger partial charge < -0.3 is 16.4 Å². The third-order valence-corrected chi connectivity index (χ3v) is 10.0. The first-order valence-electron chi connectivity index (χ1n) is 17.6. The molecule has 5 amide bonds. The van der Waals surface area contributed by atoms with Crippen LogP contribution in [0.4, 0.5) is 17.3 Å². The zero-order valence-electron chi connectivity index (χ0n) is 28.6. The highest BCUT2D eigenvalue weighted by molar-refractivity contribution is 6.25. The number of nitrogens with one attached hydrogen (secondary N) is 3. The maximum atomic E-state index is 13.5. The first-order valence-corrected chi connectivity index (χ1v) is 17.6. The van der Waals surface area contributed by atoms with Gasteiger partial charge in [-0.25, -0.2) is 15.0 Å². The van der Waals surface area contributed by atoms with E-state index in [4.69, 9.17) is 10.7 Å². The number of imidazole rings is 1. The number of carbonyl (C=O) groups is 5. The average molecular weight is 713 g/mol. The van der Waals surface area contributed by atoms with Crippen LogP contribution in [-0.2, 0) is 9.59 Å². The van der Waals surface area contributed by atoms with Crippen LogP contribution in [0.25, 0.3) is 16.8 Å². The molecule has 0 radical (unpaired) electrons. The number of anilines is 3. The van der Waals surface area contributed by atoms with Gasteiger partial charge in [0, 0.05) is 54.9 Å². The molecule has 0 spiro atoms. The van der Waals surface area contributed by atoms with Gasteiger partial charge in [-0.05, 0) is 68.6 Å². The van der Waals surface area contributed by atoms with E-state index >= 15 is 0 Å². The van der Waals surface area contributed by atoms with Crippen molar-refractivity contribution in [1.82, 2.24) is 34.5 Å². The lowest BCUT2D eigenvalue weighted by molar-refractivity contribution is -0.136. The summed E-state index contributed by atoms with van der Waals surface area (Å²) in [6, 6.07) is 16.6. The van der Waals surface area contributed by atoms with Gasteiger partial charge in [0.2, 0.25) is 11.8 Å². The van der Waals surface area contributed by atoms with Gasteiger partial charge in [0.1, 0.15) is 34.7 Å². The van der Waals surface area contributed by atoms with Crippen LogP contribution in [0.5, 0.6) is 0 Å². The van der Waals surface area contributed by atoms with E-state index < -0.39 is 29.7 Å². The van der Waals surface area contributed by atoms with E-state index in [2.05, 4.69) is 30.8 Å². The Kier molecular flexibility index (Phi) is 8.84. The Labute approximate surface area is 303 Å². The maximum absolute atomic E-state index is 13.5. The van der Waals surface area contributed by atoms with E-state index in [0.29, 0.717) is 40.6 Å². The molecular weight excluding hydrogens is 676 g/mol. The third-order valence-electron chi connectivity index (χ3n) is 10.0. The summed E-state index contributed by atoms with van der Waals surface area (Å²) in [5, 5.41) is 8.38. The van der Waals surface area contributed by atoms with Crippen molar-refractivity contribution in [3.8, 4) is 11.3 Å². The van der Waals surface area contributed by atoms with Crippen LogP contribution in [0.1, 0.15) is 75.0 Å². The number of likely N-dealkylation sites (tertiary alicyclic amines) is 1. The quantitative estimate of drug-likeness (QED) is 0.122. The zero-order valence-corrected chi connectivity index (χ0v) is 28.6. The van der Waals surface area contributed by atoms with Crippen LogP contribution in [0.2, 0.25) is 0 Å². The molecule has 15 nitrogen and oxygen atoms in total. The van der Waals surface area contributed by atoms with Crippen molar-refractivity contribution < 1.29 is 24.0 Å². The minimum atomic E-state index is -1.02. The van der Waals surface area contributed by atoms with Gasteiger partial charge in [-0.15, -0.1) is 0 Å². The second-order valence-electron chi connectivity index (χ2n) is 13.2. The van der Waals surface area contributed by atoms with Crippen LogP contribution < -0.4 is 21.7 Å². The van der Waals surface area contributed by atoms with Gasteiger partial charge in [0.15, 0.2) is 0 Å². The van der Waals surface area contributed by atoms with E-state index in [-0.39, 0.29) is 35.9 Å². The van der Waals surface area contributed by atoms with E-state index in [9.17, 15) is 24.0 Å². The number of aromatic nitrogens is 4. The standard InChI is InChI=1S/C38H36N10O5/c39-33-32-31(22-10-12-23(13-11-22)35(50)43-28-9-1-2-16-41-28)45-34(47(32)21-18-42-33)26-8-4-19-46(26)20-5-17-40-25-7-3-6-24-30(25)38(53)48(37(24)52)27-14-15-29(49)44-36(27)51/h1-3,6-7,9-13,16,18,21,26-27,40H,4-5,8,14-15,17,19-20H2,(H2,39,42)(H,41,43,50)(H,44,49,51)/t26-,27?/m0/s1. The molecule has 53 heavy (non-hydrogen) atoms. The summed E-state index contributed by atoms with van der Waals surface area (Å²) in [7, 11) is 0. The van der Waals surface area contributed by atoms with Crippen molar-refractivity contribution in [3.05, 3.63) is 102 Å². The molecule has 2 aromatic carbocycles. The first kappa shape index (κ1) is 33.7. The molecule has 3 aromatic heterocycles. The van der Waals surface area contributed by atoms with Gasteiger partial charge in [0.05, 0.1) is 17.2 Å². The lowest BCUT2D eigenvalue weighted by atomic mass is 10.0. The lowest BCUT2D eigenvalue weighted by Crippen LogP contribution is -2.54. The third kappa shape index (κ3) is 6.24. The molecule has 0 aliphatic carbocycles. The molecule has 0 bridgehead atoms. The number of pyridine rings is 1. The number of nitrogens with two attached hydrogens (primary N) is 1. The number of fused-ring (bicyclic) bond motifs is 2. The highest BCUT2D eigenvalue weighted by atomic mass is 16.2. The molecule has 3 aliphatic rings. The molecule has 2 saturated heterocycles. The molecule has 3 aliphatic heterocycles. The Morgan fingerprint density at radius 3 is 2.57 bits per heavy atom.